The number of piperidine rings is 1. The predicted octanol–water partition coefficient (Wildman–Crippen LogP) is 1.04. The van der Waals surface area contributed by atoms with Gasteiger partial charge in [0, 0.05) is 42.4 Å². The molecule has 0 aromatic carbocycles. The van der Waals surface area contributed by atoms with Gasteiger partial charge in [-0.2, -0.15) is 0 Å². The molecule has 0 spiro atoms. The average molecular weight is 304 g/mol. The van der Waals surface area contributed by atoms with Crippen molar-refractivity contribution in [2.75, 3.05) is 31.6 Å². The maximum atomic E-state index is 12.0. The fraction of sp³-hybridized carbons (Fsp3) is 0.846. The maximum Gasteiger partial charge on any atom is 0.317 e. The minimum atomic E-state index is -0.848. The van der Waals surface area contributed by atoms with Crippen LogP contribution in [0.2, 0.25) is 0 Å². The summed E-state index contributed by atoms with van der Waals surface area (Å²) in [6.07, 6.45) is 4.17. The van der Waals surface area contributed by atoms with E-state index in [9.17, 15) is 18.9 Å². The third-order valence-electron chi connectivity index (χ3n) is 3.88. The first-order valence-corrected chi connectivity index (χ1v) is 8.70. The summed E-state index contributed by atoms with van der Waals surface area (Å²) in [5.74, 6) is -0.257. The highest BCUT2D eigenvalue weighted by Crippen LogP contribution is 2.33. The molecular formula is C13H24N2O4S. The van der Waals surface area contributed by atoms with Gasteiger partial charge in [0.1, 0.15) is 0 Å². The molecule has 0 radical (unpaired) electrons. The minimum Gasteiger partial charge on any atom is -0.481 e. The van der Waals surface area contributed by atoms with Crippen LogP contribution in [0.5, 0.6) is 0 Å². The van der Waals surface area contributed by atoms with Crippen LogP contribution in [-0.4, -0.2) is 57.9 Å². The molecule has 2 atom stereocenters. The number of nitrogens with zero attached hydrogens (tertiary/aromatic N) is 1. The molecule has 0 aromatic heterocycles. The highest BCUT2D eigenvalue weighted by Gasteiger charge is 2.42. The van der Waals surface area contributed by atoms with Crippen LogP contribution < -0.4 is 5.32 Å². The van der Waals surface area contributed by atoms with Crippen molar-refractivity contribution in [3.63, 3.8) is 0 Å². The smallest absolute Gasteiger partial charge is 0.317 e. The summed E-state index contributed by atoms with van der Waals surface area (Å²) < 4.78 is 10.9. The molecule has 0 saturated carbocycles. The molecule has 1 saturated heterocycles. The summed E-state index contributed by atoms with van der Waals surface area (Å²) in [7, 11) is -0.848. The van der Waals surface area contributed by atoms with Crippen LogP contribution in [0.15, 0.2) is 0 Å². The third kappa shape index (κ3) is 4.47. The second-order valence-corrected chi connectivity index (χ2v) is 6.88. The zero-order chi connectivity index (χ0) is 15.2. The molecule has 1 fully saturated rings. The van der Waals surface area contributed by atoms with Gasteiger partial charge in [-0.1, -0.05) is 6.92 Å². The lowest BCUT2D eigenvalue weighted by Crippen LogP contribution is -2.52. The Bertz CT molecular complexity index is 389. The molecule has 0 aromatic rings. The highest BCUT2D eigenvalue weighted by molar-refractivity contribution is 7.84. The van der Waals surface area contributed by atoms with E-state index in [1.54, 1.807) is 11.2 Å². The van der Waals surface area contributed by atoms with E-state index in [1.807, 2.05) is 6.92 Å². The van der Waals surface area contributed by atoms with Crippen molar-refractivity contribution in [3.8, 4) is 0 Å². The van der Waals surface area contributed by atoms with Crippen LogP contribution in [0.3, 0.4) is 0 Å². The molecule has 0 bridgehead atoms. The number of aliphatic carboxylic acids is 1. The van der Waals surface area contributed by atoms with Crippen molar-refractivity contribution in [2.45, 2.75) is 32.6 Å². The Morgan fingerprint density at radius 3 is 2.70 bits per heavy atom. The number of carboxylic acid groups (broad SMARTS) is 1. The van der Waals surface area contributed by atoms with E-state index in [0.29, 0.717) is 44.5 Å². The van der Waals surface area contributed by atoms with Crippen LogP contribution in [0, 0.1) is 5.41 Å². The molecule has 1 aliphatic heterocycles. The van der Waals surface area contributed by atoms with Gasteiger partial charge in [-0.3, -0.25) is 9.00 Å². The number of nitrogens with one attached hydrogen (secondary N) is 1. The van der Waals surface area contributed by atoms with E-state index in [0.717, 1.165) is 0 Å². The van der Waals surface area contributed by atoms with Crippen molar-refractivity contribution < 1.29 is 18.9 Å². The average Bonchev–Trinajstić information content (AvgIpc) is 2.42. The van der Waals surface area contributed by atoms with Crippen LogP contribution in [-0.2, 0) is 15.6 Å². The Morgan fingerprint density at radius 1 is 1.45 bits per heavy atom. The molecule has 2 N–H and O–H groups in total. The summed E-state index contributed by atoms with van der Waals surface area (Å²) in [5, 5.41) is 12.1. The molecule has 1 heterocycles. The van der Waals surface area contributed by atoms with Crippen LogP contribution in [0.25, 0.3) is 0 Å². The number of carboxylic acids is 1. The molecule has 7 heteroatoms. The van der Waals surface area contributed by atoms with Gasteiger partial charge >= 0.3 is 12.0 Å². The van der Waals surface area contributed by atoms with Gasteiger partial charge in [-0.05, 0) is 25.7 Å². The van der Waals surface area contributed by atoms with Crippen molar-refractivity contribution in [1.82, 2.24) is 10.2 Å². The van der Waals surface area contributed by atoms with Gasteiger partial charge in [0.2, 0.25) is 0 Å². The minimum absolute atomic E-state index is 0.217. The third-order valence-corrected chi connectivity index (χ3v) is 4.74. The Morgan fingerprint density at radius 2 is 2.15 bits per heavy atom. The first-order chi connectivity index (χ1) is 9.41. The van der Waals surface area contributed by atoms with Gasteiger partial charge in [0.05, 0.1) is 5.41 Å². The van der Waals surface area contributed by atoms with Crippen molar-refractivity contribution in [3.05, 3.63) is 0 Å². The van der Waals surface area contributed by atoms with Crippen molar-refractivity contribution in [2.24, 2.45) is 5.41 Å². The zero-order valence-corrected chi connectivity index (χ0v) is 13.0. The van der Waals surface area contributed by atoms with E-state index < -0.39 is 22.2 Å². The summed E-state index contributed by atoms with van der Waals surface area (Å²) >= 11 is 0. The number of carbonyl (C=O) groups is 2. The quantitative estimate of drug-likeness (QED) is 0.718. The Hall–Kier alpha value is -1.11. The predicted molar refractivity (Wildman–Crippen MR) is 78.1 cm³/mol. The number of rotatable bonds is 6. The molecule has 2 unspecified atom stereocenters. The summed E-state index contributed by atoms with van der Waals surface area (Å²) in [6, 6.07) is -0.217. The van der Waals surface area contributed by atoms with Crippen molar-refractivity contribution >= 4 is 22.8 Å². The fourth-order valence-corrected chi connectivity index (χ4v) is 3.05. The Kier molecular flexibility index (Phi) is 6.45. The van der Waals surface area contributed by atoms with E-state index in [1.165, 1.54) is 0 Å². The first kappa shape index (κ1) is 16.9. The lowest BCUT2D eigenvalue weighted by molar-refractivity contribution is -0.152. The van der Waals surface area contributed by atoms with E-state index in [-0.39, 0.29) is 12.6 Å². The van der Waals surface area contributed by atoms with Gasteiger partial charge in [0.25, 0.3) is 0 Å². The largest absolute Gasteiger partial charge is 0.481 e. The molecule has 1 aliphatic rings. The van der Waals surface area contributed by atoms with Gasteiger partial charge < -0.3 is 15.3 Å². The normalized spacial score (nSPS) is 24.2. The Balaban J connectivity index is 2.48. The molecule has 0 aliphatic carbocycles. The SMILES string of the molecule is CCC1(C(=O)O)CCCN(C(=O)NCCCS(C)=O)C1. The maximum absolute atomic E-state index is 12.0. The zero-order valence-electron chi connectivity index (χ0n) is 12.2. The number of carbonyl (C=O) groups excluding carboxylic acids is 1. The number of hydrogen-bond acceptors (Lipinski definition) is 3. The lowest BCUT2D eigenvalue weighted by atomic mass is 9.78. The summed E-state index contributed by atoms with van der Waals surface area (Å²) in [5.41, 5.74) is -0.805. The lowest BCUT2D eigenvalue weighted by Gasteiger charge is -2.39. The van der Waals surface area contributed by atoms with Crippen LogP contribution >= 0.6 is 0 Å². The first-order valence-electron chi connectivity index (χ1n) is 6.97. The van der Waals surface area contributed by atoms with Gasteiger partial charge in [-0.15, -0.1) is 0 Å². The van der Waals surface area contributed by atoms with Crippen LogP contribution in [0.1, 0.15) is 32.6 Å². The molecule has 2 amide bonds. The van der Waals surface area contributed by atoms with E-state index in [4.69, 9.17) is 0 Å². The summed E-state index contributed by atoms with van der Waals surface area (Å²) in [4.78, 5) is 25.0. The Labute approximate surface area is 122 Å². The monoisotopic (exact) mass is 304 g/mol. The topological polar surface area (TPSA) is 86.7 Å². The van der Waals surface area contributed by atoms with E-state index in [2.05, 4.69) is 5.32 Å². The second-order valence-electron chi connectivity index (χ2n) is 5.33. The second kappa shape index (κ2) is 7.61. The summed E-state index contributed by atoms with van der Waals surface area (Å²) in [6.45, 7) is 3.19. The van der Waals surface area contributed by atoms with Crippen LogP contribution in [0.4, 0.5) is 4.79 Å². The van der Waals surface area contributed by atoms with Gasteiger partial charge in [0.15, 0.2) is 0 Å². The molecule has 116 valence electrons. The number of likely N-dealkylation sites (tertiary alicyclic amines) is 1. The fourth-order valence-electron chi connectivity index (χ4n) is 2.50. The molecule has 20 heavy (non-hydrogen) atoms. The van der Waals surface area contributed by atoms with E-state index >= 15 is 0 Å². The number of hydrogen-bond donors (Lipinski definition) is 2. The number of amides is 2. The van der Waals surface area contributed by atoms with Gasteiger partial charge in [-0.25, -0.2) is 4.79 Å². The molecular weight excluding hydrogens is 280 g/mol. The van der Waals surface area contributed by atoms with Crippen molar-refractivity contribution in [1.29, 1.82) is 0 Å². The molecule has 6 nitrogen and oxygen atoms in total. The highest BCUT2D eigenvalue weighted by atomic mass is 32.2. The standard InChI is InChI=1S/C13H24N2O4S/c1-3-13(11(16)17)6-4-8-15(10-13)12(18)14-7-5-9-20(2)19/h3-10H2,1-2H3,(H,14,18)(H,16,17). The number of urea groups is 1. The molecule has 1 rings (SSSR count).